The van der Waals surface area contributed by atoms with Crippen molar-refractivity contribution in [1.29, 1.82) is 0 Å². The number of rotatable bonds is 9. The smallest absolute Gasteiger partial charge is 0.304 e. The van der Waals surface area contributed by atoms with Crippen molar-refractivity contribution in [3.05, 3.63) is 110 Å². The van der Waals surface area contributed by atoms with Crippen LogP contribution in [0.15, 0.2) is 70.9 Å². The van der Waals surface area contributed by atoms with Gasteiger partial charge in [-0.05, 0) is 80.6 Å². The summed E-state index contributed by atoms with van der Waals surface area (Å²) in [7, 11) is -4.39. The van der Waals surface area contributed by atoms with Gasteiger partial charge in [-0.2, -0.15) is 13.5 Å². The Labute approximate surface area is 265 Å². The fourth-order valence-electron chi connectivity index (χ4n) is 5.68. The maximum absolute atomic E-state index is 12.1. The Morgan fingerprint density at radius 1 is 0.841 bits per heavy atom. The fraction of sp³-hybridized carbons (Fsp3) is 0.235. The molecule has 4 aromatic heterocycles. The minimum Gasteiger partial charge on any atom is -0.396 e. The number of hydrogen-bond donors (Lipinski definition) is 2. The molecule has 6 aromatic rings. The number of aryl methyl sites for hydroxylation is 4. The maximum atomic E-state index is 12.1. The van der Waals surface area contributed by atoms with Crippen molar-refractivity contribution in [2.45, 2.75) is 51.3 Å². The van der Waals surface area contributed by atoms with E-state index >= 15 is 0 Å². The fourth-order valence-corrected chi connectivity index (χ4v) is 8.55. The first-order valence-electron chi connectivity index (χ1n) is 14.3. The first-order chi connectivity index (χ1) is 21.0. The first-order valence-corrected chi connectivity index (χ1v) is 17.4. The minimum atomic E-state index is -4.39. The van der Waals surface area contributed by atoms with Crippen molar-refractivity contribution in [2.75, 3.05) is 6.61 Å². The molecule has 2 aromatic carbocycles. The Morgan fingerprint density at radius 3 is 2.27 bits per heavy atom. The summed E-state index contributed by atoms with van der Waals surface area (Å²) in [5.74, 6) is 0. The van der Waals surface area contributed by atoms with Gasteiger partial charge in [0, 0.05) is 34.0 Å². The van der Waals surface area contributed by atoms with Crippen LogP contribution in [0.1, 0.15) is 43.4 Å². The van der Waals surface area contributed by atoms with Crippen molar-refractivity contribution >= 4 is 43.7 Å². The summed E-state index contributed by atoms with van der Waals surface area (Å²) in [5, 5.41) is 15.9. The average Bonchev–Trinajstić information content (AvgIpc) is 3.67. The number of nitrogens with zero attached hydrogens (tertiary/aromatic N) is 3. The van der Waals surface area contributed by atoms with Crippen molar-refractivity contribution in [1.82, 2.24) is 14.8 Å². The molecule has 0 aliphatic heterocycles. The number of hydrogen-bond acceptors (Lipinski definition) is 7. The van der Waals surface area contributed by atoms with E-state index in [2.05, 4.69) is 56.3 Å². The zero-order valence-corrected chi connectivity index (χ0v) is 27.4. The number of benzene rings is 2. The van der Waals surface area contributed by atoms with Crippen LogP contribution in [0.5, 0.6) is 0 Å². The zero-order chi connectivity index (χ0) is 31.2. The van der Waals surface area contributed by atoms with Gasteiger partial charge in [-0.3, -0.25) is 14.2 Å². The number of aromatic nitrogens is 3. The Morgan fingerprint density at radius 2 is 1.59 bits per heavy atom. The molecule has 0 fully saturated rings. The predicted octanol–water partition coefficient (Wildman–Crippen LogP) is 7.54. The lowest BCUT2D eigenvalue weighted by atomic mass is 9.97. The largest absolute Gasteiger partial charge is 0.396 e. The molecule has 0 amide bonds. The van der Waals surface area contributed by atoms with E-state index in [0.717, 1.165) is 60.2 Å². The van der Waals surface area contributed by atoms with Gasteiger partial charge in [0.1, 0.15) is 0 Å². The van der Waals surface area contributed by atoms with Crippen LogP contribution in [0.2, 0.25) is 0 Å². The molecule has 0 aliphatic rings. The molecule has 0 saturated carbocycles. The number of aliphatic hydroxyl groups excluding tert-OH is 1. The molecule has 0 aliphatic carbocycles. The molecule has 0 radical (unpaired) electrons. The minimum absolute atomic E-state index is 0.0828. The van der Waals surface area contributed by atoms with Crippen LogP contribution in [0.3, 0.4) is 0 Å². The summed E-state index contributed by atoms with van der Waals surface area (Å²) in [4.78, 5) is 8.26. The molecule has 7 nitrogen and oxygen atoms in total. The molecule has 0 spiro atoms. The van der Waals surface area contributed by atoms with Gasteiger partial charge >= 0.3 is 10.1 Å². The van der Waals surface area contributed by atoms with Gasteiger partial charge in [0.15, 0.2) is 4.21 Å². The van der Waals surface area contributed by atoms with Gasteiger partial charge in [0.2, 0.25) is 0 Å². The van der Waals surface area contributed by atoms with Gasteiger partial charge in [-0.25, -0.2) is 0 Å². The highest BCUT2D eigenvalue weighted by Gasteiger charge is 2.23. The summed E-state index contributed by atoms with van der Waals surface area (Å²) >= 11 is 2.76. The van der Waals surface area contributed by atoms with Gasteiger partial charge in [0.05, 0.1) is 33.7 Å². The Bertz CT molecular complexity index is 2110. The van der Waals surface area contributed by atoms with E-state index in [1.165, 1.54) is 16.0 Å². The predicted molar refractivity (Wildman–Crippen MR) is 178 cm³/mol. The van der Waals surface area contributed by atoms with Crippen LogP contribution >= 0.6 is 22.7 Å². The third kappa shape index (κ3) is 6.13. The molecule has 10 heteroatoms. The second kappa shape index (κ2) is 12.0. The molecule has 0 atom stereocenters. The Kier molecular flexibility index (Phi) is 8.29. The van der Waals surface area contributed by atoms with Gasteiger partial charge in [-0.1, -0.05) is 48.0 Å². The van der Waals surface area contributed by atoms with E-state index in [9.17, 15) is 18.1 Å². The van der Waals surface area contributed by atoms with E-state index in [-0.39, 0.29) is 10.8 Å². The van der Waals surface area contributed by atoms with Crippen LogP contribution < -0.4 is 0 Å². The third-order valence-electron chi connectivity index (χ3n) is 7.67. The molecule has 0 bridgehead atoms. The van der Waals surface area contributed by atoms with Crippen LogP contribution in [0.25, 0.3) is 32.6 Å². The zero-order valence-electron chi connectivity index (χ0n) is 25.0. The normalized spacial score (nSPS) is 12.0. The summed E-state index contributed by atoms with van der Waals surface area (Å²) < 4.78 is 36.1. The molecule has 44 heavy (non-hydrogen) atoms. The van der Waals surface area contributed by atoms with Crippen molar-refractivity contribution < 1.29 is 18.1 Å². The highest BCUT2D eigenvalue weighted by Crippen LogP contribution is 2.38. The van der Waals surface area contributed by atoms with E-state index in [4.69, 9.17) is 10.1 Å². The standard InChI is InChI=1S/C34H33N3O4S3/c1-20-5-8-24(9-6-20)17-27-18-30-32(33(35-27)31-12-7-21(2)42-31)23(4)36-37(30)19-25-10-11-28(26(16-25)13-14-38)29-15-22(3)43-34(29)44(39,40)41/h5-12,15-16,18,38H,13-14,17,19H2,1-4H3,(H,39,40,41). The van der Waals surface area contributed by atoms with Crippen molar-refractivity contribution in [3.8, 4) is 21.7 Å². The molecule has 0 saturated heterocycles. The van der Waals surface area contributed by atoms with Crippen LogP contribution in [-0.2, 0) is 29.5 Å². The third-order valence-corrected chi connectivity index (χ3v) is 11.1. The van der Waals surface area contributed by atoms with Crippen molar-refractivity contribution in [2.24, 2.45) is 0 Å². The van der Waals surface area contributed by atoms with Gasteiger partial charge in [-0.15, -0.1) is 22.7 Å². The topological polar surface area (TPSA) is 105 Å². The summed E-state index contributed by atoms with van der Waals surface area (Å²) in [6, 6.07) is 22.5. The summed E-state index contributed by atoms with van der Waals surface area (Å²) in [5.41, 5.74) is 9.11. The lowest BCUT2D eigenvalue weighted by molar-refractivity contribution is 0.299. The van der Waals surface area contributed by atoms with Crippen molar-refractivity contribution in [3.63, 3.8) is 0 Å². The van der Waals surface area contributed by atoms with Crippen LogP contribution in [0.4, 0.5) is 0 Å². The number of aliphatic hydroxyl groups is 1. The second-order valence-corrected chi connectivity index (χ2v) is 15.3. The Balaban J connectivity index is 1.45. The average molecular weight is 644 g/mol. The number of thiophene rings is 2. The Hall–Kier alpha value is -3.67. The molecule has 0 unspecified atom stereocenters. The summed E-state index contributed by atoms with van der Waals surface area (Å²) in [6.07, 6.45) is 1.04. The quantitative estimate of drug-likeness (QED) is 0.158. The molecular weight excluding hydrogens is 611 g/mol. The molecular formula is C34H33N3O4S3. The van der Waals surface area contributed by atoms with Crippen LogP contribution in [-0.4, -0.2) is 39.4 Å². The highest BCUT2D eigenvalue weighted by atomic mass is 32.3. The van der Waals surface area contributed by atoms with E-state index in [1.54, 1.807) is 17.4 Å². The highest BCUT2D eigenvalue weighted by molar-refractivity contribution is 7.88. The summed E-state index contributed by atoms with van der Waals surface area (Å²) in [6.45, 7) is 8.39. The second-order valence-electron chi connectivity index (χ2n) is 11.2. The SMILES string of the molecule is Cc1ccc(Cc2cc3c(c(C)nn3Cc3ccc(-c4cc(C)sc4S(=O)(=O)O)c(CCO)c3)c(-c3ccc(C)s3)n2)cc1. The van der Waals surface area contributed by atoms with Gasteiger partial charge in [0.25, 0.3) is 0 Å². The monoisotopic (exact) mass is 643 g/mol. The van der Waals surface area contributed by atoms with E-state index in [1.807, 2.05) is 36.7 Å². The molecule has 6 rings (SSSR count). The van der Waals surface area contributed by atoms with Gasteiger partial charge < -0.3 is 5.11 Å². The van der Waals surface area contributed by atoms with Crippen LogP contribution in [0, 0.1) is 27.7 Å². The molecule has 2 N–H and O–H groups in total. The van der Waals surface area contributed by atoms with E-state index in [0.29, 0.717) is 30.5 Å². The number of pyridine rings is 1. The van der Waals surface area contributed by atoms with E-state index < -0.39 is 10.1 Å². The molecule has 226 valence electrons. The number of fused-ring (bicyclic) bond motifs is 1. The molecule has 4 heterocycles. The lowest BCUT2D eigenvalue weighted by Crippen LogP contribution is -2.05. The maximum Gasteiger partial charge on any atom is 0.304 e. The lowest BCUT2D eigenvalue weighted by Gasteiger charge is -2.13. The first kappa shape index (κ1) is 30.4.